The van der Waals surface area contributed by atoms with Gasteiger partial charge in [0.15, 0.2) is 0 Å². The summed E-state index contributed by atoms with van der Waals surface area (Å²) in [5.41, 5.74) is 9.59. The van der Waals surface area contributed by atoms with E-state index in [9.17, 15) is 0 Å². The van der Waals surface area contributed by atoms with E-state index >= 15 is 0 Å². The summed E-state index contributed by atoms with van der Waals surface area (Å²) >= 11 is 0. The molecule has 0 radical (unpaired) electrons. The number of aliphatic imine (C=N–C) groups is 1. The number of hydrogen-bond donors (Lipinski definition) is 2. The van der Waals surface area contributed by atoms with Crippen LogP contribution in [0, 0.1) is 0 Å². The molecule has 1 aromatic carbocycles. The summed E-state index contributed by atoms with van der Waals surface area (Å²) in [6.07, 6.45) is 13.1. The predicted octanol–water partition coefficient (Wildman–Crippen LogP) is 4.34. The van der Waals surface area contributed by atoms with Crippen molar-refractivity contribution < 1.29 is 0 Å². The lowest BCUT2D eigenvalue weighted by atomic mass is 9.95. The van der Waals surface area contributed by atoms with E-state index in [1.54, 1.807) is 24.9 Å². The average molecular weight is 387 g/mol. The smallest absolute Gasteiger partial charge is 0.137 e. The molecule has 1 saturated carbocycles. The Morgan fingerprint density at radius 1 is 1.10 bits per heavy atom. The second-order valence-corrected chi connectivity index (χ2v) is 7.35. The molecule has 3 aromatic rings. The first-order chi connectivity index (χ1) is 14.3. The maximum Gasteiger partial charge on any atom is 0.137 e. The Morgan fingerprint density at radius 2 is 2.00 bits per heavy atom. The monoisotopic (exact) mass is 386 g/mol. The fourth-order valence-corrected chi connectivity index (χ4v) is 3.73. The van der Waals surface area contributed by atoms with Crippen molar-refractivity contribution in [3.63, 3.8) is 0 Å². The highest BCUT2D eigenvalue weighted by Gasteiger charge is 2.15. The molecule has 6 heteroatoms. The van der Waals surface area contributed by atoms with Crippen LogP contribution in [0.25, 0.3) is 16.5 Å². The molecule has 2 aromatic heterocycles. The van der Waals surface area contributed by atoms with Gasteiger partial charge in [-0.1, -0.05) is 31.4 Å². The predicted molar refractivity (Wildman–Crippen MR) is 119 cm³/mol. The van der Waals surface area contributed by atoms with Crippen molar-refractivity contribution in [1.29, 1.82) is 0 Å². The van der Waals surface area contributed by atoms with E-state index in [-0.39, 0.29) is 0 Å². The molecule has 0 bridgehead atoms. The van der Waals surface area contributed by atoms with Gasteiger partial charge >= 0.3 is 0 Å². The Balaban J connectivity index is 1.56. The van der Waals surface area contributed by atoms with Crippen molar-refractivity contribution >= 4 is 28.5 Å². The summed E-state index contributed by atoms with van der Waals surface area (Å²) in [5.74, 6) is 0.894. The largest absolute Gasteiger partial charge is 0.404 e. The molecule has 6 nitrogen and oxygen atoms in total. The normalized spacial score (nSPS) is 15.8. The summed E-state index contributed by atoms with van der Waals surface area (Å²) in [6, 6.07) is 12.4. The Morgan fingerprint density at radius 3 is 2.79 bits per heavy atom. The number of hydrogen-bond acceptors (Lipinski definition) is 6. The molecule has 2 heterocycles. The number of rotatable bonds is 6. The SMILES string of the molecule is NC=C(C=NCc1ccccn1)c1ccc2ncnc(NC3CCCCC3)c2c1. The molecule has 1 fully saturated rings. The Kier molecular flexibility index (Phi) is 6.10. The number of aromatic nitrogens is 3. The van der Waals surface area contributed by atoms with Gasteiger partial charge in [0, 0.05) is 35.6 Å². The van der Waals surface area contributed by atoms with Crippen LogP contribution in [-0.4, -0.2) is 27.2 Å². The molecule has 0 saturated heterocycles. The van der Waals surface area contributed by atoms with E-state index in [2.05, 4.69) is 31.3 Å². The Bertz CT molecular complexity index is 1010. The lowest BCUT2D eigenvalue weighted by molar-refractivity contribution is 0.462. The van der Waals surface area contributed by atoms with Crippen LogP contribution in [0.15, 0.2) is 60.1 Å². The number of anilines is 1. The van der Waals surface area contributed by atoms with Crippen molar-refractivity contribution in [2.45, 2.75) is 44.7 Å². The quantitative estimate of drug-likeness (QED) is 0.615. The summed E-state index contributed by atoms with van der Waals surface area (Å²) in [6.45, 7) is 0.517. The molecule has 29 heavy (non-hydrogen) atoms. The average Bonchev–Trinajstić information content (AvgIpc) is 2.78. The van der Waals surface area contributed by atoms with Gasteiger partial charge in [0.25, 0.3) is 0 Å². The van der Waals surface area contributed by atoms with Crippen LogP contribution < -0.4 is 11.1 Å². The van der Waals surface area contributed by atoms with Gasteiger partial charge in [-0.25, -0.2) is 9.97 Å². The molecule has 0 aliphatic heterocycles. The van der Waals surface area contributed by atoms with E-state index < -0.39 is 0 Å². The molecule has 0 atom stereocenters. The number of fused-ring (bicyclic) bond motifs is 1. The van der Waals surface area contributed by atoms with Crippen molar-refractivity contribution in [2.24, 2.45) is 10.7 Å². The number of nitrogens with zero attached hydrogens (tertiary/aromatic N) is 4. The molecule has 148 valence electrons. The second-order valence-electron chi connectivity index (χ2n) is 7.35. The lowest BCUT2D eigenvalue weighted by Gasteiger charge is -2.23. The third-order valence-electron chi connectivity index (χ3n) is 5.30. The molecular formula is C23H26N6. The van der Waals surface area contributed by atoms with Gasteiger partial charge in [-0.3, -0.25) is 9.98 Å². The minimum atomic E-state index is 0.481. The van der Waals surface area contributed by atoms with Crippen LogP contribution in [0.4, 0.5) is 5.82 Å². The third kappa shape index (κ3) is 4.77. The summed E-state index contributed by atoms with van der Waals surface area (Å²) in [7, 11) is 0. The zero-order valence-electron chi connectivity index (χ0n) is 16.5. The number of benzene rings is 1. The van der Waals surface area contributed by atoms with Gasteiger partial charge in [-0.05, 0) is 42.7 Å². The summed E-state index contributed by atoms with van der Waals surface area (Å²) in [5, 5.41) is 4.64. The highest BCUT2D eigenvalue weighted by Crippen LogP contribution is 2.27. The molecule has 0 amide bonds. The van der Waals surface area contributed by atoms with Crippen LogP contribution in [-0.2, 0) is 6.54 Å². The number of nitrogens with one attached hydrogen (secondary N) is 1. The molecule has 4 rings (SSSR count). The van der Waals surface area contributed by atoms with Crippen molar-refractivity contribution in [3.8, 4) is 0 Å². The number of pyridine rings is 1. The molecule has 3 N–H and O–H groups in total. The van der Waals surface area contributed by atoms with Gasteiger partial charge < -0.3 is 11.1 Å². The van der Waals surface area contributed by atoms with Crippen LogP contribution in [0.1, 0.15) is 43.4 Å². The van der Waals surface area contributed by atoms with E-state index in [1.807, 2.05) is 30.3 Å². The Labute approximate surface area is 171 Å². The van der Waals surface area contributed by atoms with Gasteiger partial charge in [0.05, 0.1) is 17.8 Å². The van der Waals surface area contributed by atoms with Crippen LogP contribution >= 0.6 is 0 Å². The van der Waals surface area contributed by atoms with E-state index in [0.29, 0.717) is 12.6 Å². The van der Waals surface area contributed by atoms with E-state index in [4.69, 9.17) is 5.73 Å². The summed E-state index contributed by atoms with van der Waals surface area (Å²) in [4.78, 5) is 17.7. The maximum atomic E-state index is 5.90. The second kappa shape index (κ2) is 9.28. The minimum absolute atomic E-state index is 0.481. The zero-order chi connectivity index (χ0) is 19.9. The highest BCUT2D eigenvalue weighted by atomic mass is 15.0. The van der Waals surface area contributed by atoms with Crippen molar-refractivity contribution in [1.82, 2.24) is 15.0 Å². The van der Waals surface area contributed by atoms with Gasteiger partial charge in [-0.15, -0.1) is 0 Å². The third-order valence-corrected chi connectivity index (χ3v) is 5.30. The molecule has 1 aliphatic rings. The van der Waals surface area contributed by atoms with Crippen molar-refractivity contribution in [2.75, 3.05) is 5.32 Å². The minimum Gasteiger partial charge on any atom is -0.404 e. The molecule has 0 unspecified atom stereocenters. The fraction of sp³-hybridized carbons (Fsp3) is 0.304. The number of allylic oxidation sites excluding steroid dienone is 1. The first-order valence-corrected chi connectivity index (χ1v) is 10.2. The number of nitrogens with two attached hydrogens (primary N) is 1. The molecular weight excluding hydrogens is 360 g/mol. The molecule has 1 aliphatic carbocycles. The lowest BCUT2D eigenvalue weighted by Crippen LogP contribution is -2.23. The van der Waals surface area contributed by atoms with Crippen LogP contribution in [0.3, 0.4) is 0 Å². The molecule has 0 spiro atoms. The first-order valence-electron chi connectivity index (χ1n) is 10.2. The summed E-state index contributed by atoms with van der Waals surface area (Å²) < 4.78 is 0. The maximum absolute atomic E-state index is 5.90. The zero-order valence-corrected chi connectivity index (χ0v) is 16.5. The van der Waals surface area contributed by atoms with Crippen LogP contribution in [0.5, 0.6) is 0 Å². The highest BCUT2D eigenvalue weighted by molar-refractivity contribution is 6.11. The fourth-order valence-electron chi connectivity index (χ4n) is 3.73. The van der Waals surface area contributed by atoms with Gasteiger partial charge in [-0.2, -0.15) is 0 Å². The Hall–Kier alpha value is -3.28. The standard InChI is InChI=1S/C23H26N6/c24-13-18(14-25-15-20-8-4-5-11-26-20)17-9-10-22-21(12-17)23(28-16-27-22)29-19-6-2-1-3-7-19/h4-5,8-14,16,19H,1-3,6-7,15,24H2,(H,27,28,29). The van der Waals surface area contributed by atoms with E-state index in [0.717, 1.165) is 33.6 Å². The topological polar surface area (TPSA) is 89.1 Å². The first kappa shape index (κ1) is 19.1. The van der Waals surface area contributed by atoms with Gasteiger partial charge in [0.1, 0.15) is 12.1 Å². The van der Waals surface area contributed by atoms with Crippen LogP contribution in [0.2, 0.25) is 0 Å². The van der Waals surface area contributed by atoms with Gasteiger partial charge in [0.2, 0.25) is 0 Å². The van der Waals surface area contributed by atoms with Crippen molar-refractivity contribution in [3.05, 3.63) is 66.4 Å². The van der Waals surface area contributed by atoms with E-state index in [1.165, 1.54) is 32.1 Å².